The Kier molecular flexibility index (Phi) is 6.08. The number of imidazole rings is 2. The molecule has 0 fully saturated rings. The molecule has 7 aromatic carbocycles. The van der Waals surface area contributed by atoms with E-state index in [1.807, 2.05) is 6.07 Å². The van der Waals surface area contributed by atoms with E-state index in [4.69, 9.17) is 9.97 Å². The van der Waals surface area contributed by atoms with Crippen LogP contribution in [0.1, 0.15) is 11.1 Å². The summed E-state index contributed by atoms with van der Waals surface area (Å²) in [6.45, 7) is 0. The van der Waals surface area contributed by atoms with Gasteiger partial charge in [-0.1, -0.05) is 103 Å². The predicted molar refractivity (Wildman–Crippen MR) is 214 cm³/mol. The number of hydrogen-bond donors (Lipinski definition) is 0. The van der Waals surface area contributed by atoms with Gasteiger partial charge in [0.05, 0.1) is 33.1 Å². The van der Waals surface area contributed by atoms with Crippen molar-refractivity contribution in [1.82, 2.24) is 23.7 Å². The van der Waals surface area contributed by atoms with Crippen LogP contribution in [-0.4, -0.2) is 23.7 Å². The first-order valence-corrected chi connectivity index (χ1v) is 17.8. The molecule has 0 atom stereocenters. The van der Waals surface area contributed by atoms with Crippen molar-refractivity contribution in [2.24, 2.45) is 14.1 Å². The first-order chi connectivity index (χ1) is 25.6. The second-order valence-electron chi connectivity index (χ2n) is 14.0. The van der Waals surface area contributed by atoms with Crippen LogP contribution < -0.4 is 0 Å². The fourth-order valence-corrected chi connectivity index (χ4v) is 8.63. The third-order valence-corrected chi connectivity index (χ3v) is 11.1. The molecule has 1 aliphatic carbocycles. The lowest BCUT2D eigenvalue weighted by Gasteiger charge is -2.12. The molecular formula is C47H33N5. The minimum absolute atomic E-state index is 0.948. The quantitative estimate of drug-likeness (QED) is 0.187. The molecule has 0 aliphatic heterocycles. The molecule has 0 radical (unpaired) electrons. The second kappa shape index (κ2) is 10.9. The summed E-state index contributed by atoms with van der Waals surface area (Å²) in [7, 11) is 4.21. The Labute approximate surface area is 300 Å². The van der Waals surface area contributed by atoms with Gasteiger partial charge in [-0.25, -0.2) is 9.97 Å². The van der Waals surface area contributed by atoms with Crippen LogP contribution in [0.15, 0.2) is 152 Å². The molecule has 0 N–H and O–H groups in total. The maximum absolute atomic E-state index is 5.09. The van der Waals surface area contributed by atoms with Crippen molar-refractivity contribution < 1.29 is 0 Å². The Hall–Kier alpha value is -6.72. The summed E-state index contributed by atoms with van der Waals surface area (Å²) in [4.78, 5) is 10.1. The molecule has 10 aromatic rings. The first kappa shape index (κ1) is 29.1. The number of nitrogens with zero attached hydrogens (tertiary/aromatic N) is 5. The van der Waals surface area contributed by atoms with Crippen molar-refractivity contribution in [3.05, 3.63) is 163 Å². The molecule has 3 heterocycles. The van der Waals surface area contributed by atoms with Gasteiger partial charge >= 0.3 is 0 Å². The maximum atomic E-state index is 5.09. The number of para-hydroxylation sites is 4. The highest BCUT2D eigenvalue weighted by Gasteiger charge is 2.22. The van der Waals surface area contributed by atoms with Crippen molar-refractivity contribution in [2.75, 3.05) is 0 Å². The van der Waals surface area contributed by atoms with Crippen LogP contribution >= 0.6 is 0 Å². The van der Waals surface area contributed by atoms with Gasteiger partial charge in [0, 0.05) is 41.7 Å². The van der Waals surface area contributed by atoms with Gasteiger partial charge in [-0.3, -0.25) is 0 Å². The molecule has 52 heavy (non-hydrogen) atoms. The van der Waals surface area contributed by atoms with Crippen molar-refractivity contribution in [3.63, 3.8) is 0 Å². The average Bonchev–Trinajstić information content (AvgIpc) is 3.93. The number of benzene rings is 7. The molecule has 11 rings (SSSR count). The largest absolute Gasteiger partial charge is 0.327 e. The van der Waals surface area contributed by atoms with E-state index in [2.05, 4.69) is 173 Å². The summed E-state index contributed by atoms with van der Waals surface area (Å²) in [6.07, 6.45) is 0.966. The Morgan fingerprint density at radius 1 is 0.442 bits per heavy atom. The molecule has 5 heteroatoms. The topological polar surface area (TPSA) is 40.6 Å². The molecule has 3 aromatic heterocycles. The standard InChI is InChI=1S/C47H33N5/c1-50-41-18-7-5-16-39(41)48-46(50)31-12-9-13-34(27-31)52-43-20-10-15-37(30-21-23-36-33(26-30)25-29-11-3-4-14-35(29)36)45(43)38-24-22-32(28-44(38)52)47-49-40-17-6-8-19-42(40)51(47)2/h3-24,26-28H,25H2,1-2H3. The highest BCUT2D eigenvalue weighted by Crippen LogP contribution is 2.43. The van der Waals surface area contributed by atoms with E-state index in [0.717, 1.165) is 62.5 Å². The van der Waals surface area contributed by atoms with Gasteiger partial charge in [-0.05, 0) is 88.3 Å². The minimum Gasteiger partial charge on any atom is -0.327 e. The van der Waals surface area contributed by atoms with Crippen molar-refractivity contribution in [2.45, 2.75) is 6.42 Å². The lowest BCUT2D eigenvalue weighted by atomic mass is 9.95. The zero-order valence-corrected chi connectivity index (χ0v) is 28.9. The van der Waals surface area contributed by atoms with Gasteiger partial charge in [0.25, 0.3) is 0 Å². The number of hydrogen-bond acceptors (Lipinski definition) is 2. The number of fused-ring (bicyclic) bond motifs is 8. The molecule has 246 valence electrons. The molecular weight excluding hydrogens is 635 g/mol. The zero-order chi connectivity index (χ0) is 34.5. The third kappa shape index (κ3) is 4.17. The summed E-state index contributed by atoms with van der Waals surface area (Å²) >= 11 is 0. The van der Waals surface area contributed by atoms with Gasteiger partial charge in [-0.15, -0.1) is 0 Å². The number of aromatic nitrogens is 5. The Morgan fingerprint density at radius 3 is 1.83 bits per heavy atom. The van der Waals surface area contributed by atoms with E-state index in [1.54, 1.807) is 0 Å². The van der Waals surface area contributed by atoms with E-state index in [9.17, 15) is 0 Å². The molecule has 0 saturated carbocycles. The first-order valence-electron chi connectivity index (χ1n) is 17.8. The molecule has 0 amide bonds. The molecule has 0 saturated heterocycles. The smallest absolute Gasteiger partial charge is 0.140 e. The van der Waals surface area contributed by atoms with Crippen molar-refractivity contribution in [3.8, 4) is 50.7 Å². The zero-order valence-electron chi connectivity index (χ0n) is 28.9. The molecule has 0 bridgehead atoms. The van der Waals surface area contributed by atoms with Gasteiger partial charge < -0.3 is 13.7 Å². The van der Waals surface area contributed by atoms with Crippen molar-refractivity contribution >= 4 is 43.9 Å². The van der Waals surface area contributed by atoms with Gasteiger partial charge in [0.15, 0.2) is 0 Å². The van der Waals surface area contributed by atoms with E-state index < -0.39 is 0 Å². The maximum Gasteiger partial charge on any atom is 0.140 e. The third-order valence-electron chi connectivity index (χ3n) is 11.1. The highest BCUT2D eigenvalue weighted by molar-refractivity contribution is 6.16. The SMILES string of the molecule is Cn1c(-c2cccc(-n3c4cc(-c5nc6ccccc6n5C)ccc4c4c(-c5ccc6c(c5)Cc5ccccc5-6)cccc43)c2)nc2ccccc21. The summed E-state index contributed by atoms with van der Waals surface area (Å²) in [5.41, 5.74) is 17.8. The summed E-state index contributed by atoms with van der Waals surface area (Å²) in [6, 6.07) is 54.9. The highest BCUT2D eigenvalue weighted by atomic mass is 15.1. The van der Waals surface area contributed by atoms with Gasteiger partial charge in [0.1, 0.15) is 11.6 Å². The lowest BCUT2D eigenvalue weighted by Crippen LogP contribution is -1.97. The molecule has 1 aliphatic rings. The average molecular weight is 668 g/mol. The lowest BCUT2D eigenvalue weighted by molar-refractivity contribution is 0.958. The normalized spacial score (nSPS) is 12.3. The molecule has 5 nitrogen and oxygen atoms in total. The van der Waals surface area contributed by atoms with Crippen LogP contribution in [0.5, 0.6) is 0 Å². The summed E-state index contributed by atoms with van der Waals surface area (Å²) < 4.78 is 6.81. The van der Waals surface area contributed by atoms with Crippen LogP contribution in [0.25, 0.3) is 94.6 Å². The monoisotopic (exact) mass is 667 g/mol. The van der Waals surface area contributed by atoms with Gasteiger partial charge in [0.2, 0.25) is 0 Å². The Bertz CT molecular complexity index is 3080. The van der Waals surface area contributed by atoms with Crippen LogP contribution in [-0.2, 0) is 20.5 Å². The second-order valence-corrected chi connectivity index (χ2v) is 14.0. The van der Waals surface area contributed by atoms with Crippen LogP contribution in [0, 0.1) is 0 Å². The Morgan fingerprint density at radius 2 is 1.06 bits per heavy atom. The van der Waals surface area contributed by atoms with Crippen molar-refractivity contribution in [1.29, 1.82) is 0 Å². The minimum atomic E-state index is 0.948. The number of aryl methyl sites for hydroxylation is 2. The van der Waals surface area contributed by atoms with E-state index in [0.29, 0.717) is 0 Å². The van der Waals surface area contributed by atoms with E-state index in [-0.39, 0.29) is 0 Å². The molecule has 0 unspecified atom stereocenters. The van der Waals surface area contributed by atoms with E-state index in [1.165, 1.54) is 49.7 Å². The van der Waals surface area contributed by atoms with Crippen LogP contribution in [0.4, 0.5) is 0 Å². The van der Waals surface area contributed by atoms with Crippen LogP contribution in [0.2, 0.25) is 0 Å². The predicted octanol–water partition coefficient (Wildman–Crippen LogP) is 11.1. The fourth-order valence-electron chi connectivity index (χ4n) is 8.63. The Balaban J connectivity index is 1.16. The summed E-state index contributed by atoms with van der Waals surface area (Å²) in [5.74, 6) is 1.90. The molecule has 0 spiro atoms. The van der Waals surface area contributed by atoms with Gasteiger partial charge in [-0.2, -0.15) is 0 Å². The summed E-state index contributed by atoms with van der Waals surface area (Å²) in [5, 5.41) is 2.46. The fraction of sp³-hybridized carbons (Fsp3) is 0.0638. The van der Waals surface area contributed by atoms with E-state index >= 15 is 0 Å². The number of rotatable bonds is 4. The van der Waals surface area contributed by atoms with Crippen LogP contribution in [0.3, 0.4) is 0 Å².